The molecule has 0 atom stereocenters. The van der Waals surface area contributed by atoms with Crippen LogP contribution in [0, 0.1) is 9.96 Å². The van der Waals surface area contributed by atoms with Crippen molar-refractivity contribution in [2.45, 2.75) is 86.0 Å². The fourth-order valence-electron chi connectivity index (χ4n) is 5.64. The van der Waals surface area contributed by atoms with Crippen molar-refractivity contribution in [2.75, 3.05) is 0 Å². The Morgan fingerprint density at radius 1 is 0.578 bits per heavy atom. The van der Waals surface area contributed by atoms with Crippen LogP contribution >= 0.6 is 0 Å². The maximum atomic E-state index is 4.51. The molecule has 0 N–H and O–H groups in total. The van der Waals surface area contributed by atoms with Gasteiger partial charge in [-0.3, -0.25) is 0 Å². The quantitative estimate of drug-likeness (QED) is 0.0879. The molecule has 45 heavy (non-hydrogen) atoms. The number of para-hydroxylation sites is 3. The molecular weight excluding hydrogens is 641 g/mol. The van der Waals surface area contributed by atoms with Crippen LogP contribution in [-0.4, -0.2) is 14.8 Å². The van der Waals surface area contributed by atoms with Crippen molar-refractivity contribution in [3.63, 3.8) is 0 Å². The van der Waals surface area contributed by atoms with Crippen molar-refractivity contribution in [1.29, 1.82) is 0 Å². The van der Waals surface area contributed by atoms with Gasteiger partial charge in [0, 0.05) is 0 Å². The molecule has 0 saturated heterocycles. The Hall–Kier alpha value is -3.58. The molecule has 0 fully saturated rings. The van der Waals surface area contributed by atoms with Gasteiger partial charge in [0.25, 0.3) is 0 Å². The predicted octanol–water partition coefficient (Wildman–Crippen LogP) is 11.5. The third-order valence-electron chi connectivity index (χ3n) is 8.05. The summed E-state index contributed by atoms with van der Waals surface area (Å²) in [5, 5.41) is 0. The predicted molar refractivity (Wildman–Crippen MR) is 188 cm³/mol. The average molecular weight is 689 g/mol. The van der Waals surface area contributed by atoms with Gasteiger partial charge in [0.15, 0.2) is 0 Å². The summed E-state index contributed by atoms with van der Waals surface area (Å²) >= 11 is 3.64. The van der Waals surface area contributed by atoms with Crippen LogP contribution in [0.5, 0.6) is 0 Å². The van der Waals surface area contributed by atoms with Crippen molar-refractivity contribution >= 4 is 11.4 Å². The minimum absolute atomic E-state index is 0.458. The Morgan fingerprint density at radius 2 is 1.00 bits per heavy atom. The van der Waals surface area contributed by atoms with Crippen molar-refractivity contribution in [1.82, 2.24) is 9.13 Å². The molecule has 4 aromatic carbocycles. The molecule has 0 aliphatic heterocycles. The molecule has 3 nitrogen and oxygen atoms in total. The molecule has 4 heteroatoms. The summed E-state index contributed by atoms with van der Waals surface area (Å²) in [6.45, 7) is 20.2. The summed E-state index contributed by atoms with van der Waals surface area (Å²) in [6, 6.07) is 34.5. The van der Waals surface area contributed by atoms with E-state index in [1.54, 1.807) is 0 Å². The van der Waals surface area contributed by atoms with Gasteiger partial charge in [-0.2, -0.15) is 0 Å². The summed E-state index contributed by atoms with van der Waals surface area (Å²) in [7, 11) is 0. The summed E-state index contributed by atoms with van der Waals surface area (Å²) in [4.78, 5) is 4.51. The zero-order valence-electron chi connectivity index (χ0n) is 28.3. The second-order valence-electron chi connectivity index (χ2n) is 12.8. The molecule has 0 aliphatic carbocycles. The number of aromatic nitrogens is 2. The van der Waals surface area contributed by atoms with Crippen molar-refractivity contribution in [3.8, 4) is 11.4 Å². The van der Waals surface area contributed by atoms with Gasteiger partial charge in [-0.05, 0) is 17.8 Å². The monoisotopic (exact) mass is 688 g/mol. The standard InChI is InChI=1S/C27H36N2.C14H12N.Pd/c1-18(2)22-11-9-12-23(19(3)4)26(22)28-15-16-29(17-28)27-24(20(5)6)13-10-14-25(27)21(7)8;1-12(13-8-4-2-5-9-13)15-14-10-6-3-7-11-14;/h9-16,18-21H,1-8H3;2-8,10-11H,1H3;/q;-1;. The van der Waals surface area contributed by atoms with E-state index in [1.165, 1.54) is 33.6 Å². The second-order valence-corrected chi connectivity index (χ2v) is 13.5. The molecule has 0 bridgehead atoms. The number of benzene rings is 4. The van der Waals surface area contributed by atoms with E-state index in [2.05, 4.69) is 143 Å². The molecule has 1 heterocycles. The van der Waals surface area contributed by atoms with Crippen LogP contribution in [0.15, 0.2) is 108 Å². The molecule has 1 aromatic heterocycles. The van der Waals surface area contributed by atoms with Crippen LogP contribution in [0.1, 0.15) is 114 Å². The van der Waals surface area contributed by atoms with Gasteiger partial charge in [-0.1, -0.05) is 25.1 Å². The molecule has 0 radical (unpaired) electrons. The number of hydrogen-bond acceptors (Lipinski definition) is 1. The topological polar surface area (TPSA) is 22.2 Å². The summed E-state index contributed by atoms with van der Waals surface area (Å²) in [5.41, 5.74) is 11.2. The fraction of sp³-hybridized carbons (Fsp3) is 0.317. The van der Waals surface area contributed by atoms with Crippen LogP contribution in [0.3, 0.4) is 0 Å². The van der Waals surface area contributed by atoms with Crippen LogP contribution in [0.25, 0.3) is 11.4 Å². The molecule has 0 unspecified atom stereocenters. The fourth-order valence-corrected chi connectivity index (χ4v) is 6.22. The molecule has 0 amide bonds. The molecule has 5 aromatic rings. The molecule has 5 rings (SSSR count). The second kappa shape index (κ2) is 15.6. The van der Waals surface area contributed by atoms with E-state index in [1.807, 2.05) is 61.5 Å². The van der Waals surface area contributed by atoms with Crippen LogP contribution in [0.2, 0.25) is 0 Å². The Balaban J connectivity index is 0.000000256. The average Bonchev–Trinajstić information content (AvgIpc) is 3.41. The maximum absolute atomic E-state index is 4.51. The molecule has 238 valence electrons. The van der Waals surface area contributed by atoms with Crippen LogP contribution < -0.4 is 0 Å². The van der Waals surface area contributed by atoms with E-state index in [0.717, 1.165) is 20.9 Å². The summed E-state index contributed by atoms with van der Waals surface area (Å²) < 4.78 is 5.78. The number of nitrogens with zero attached hydrogens (tertiary/aromatic N) is 3. The Labute approximate surface area is 281 Å². The zero-order valence-corrected chi connectivity index (χ0v) is 29.8. The van der Waals surface area contributed by atoms with Gasteiger partial charge < -0.3 is 4.99 Å². The zero-order chi connectivity index (χ0) is 32.7. The Morgan fingerprint density at radius 3 is 1.38 bits per heavy atom. The van der Waals surface area contributed by atoms with E-state index in [9.17, 15) is 0 Å². The number of rotatable bonds is 8. The van der Waals surface area contributed by atoms with Crippen molar-refractivity contribution < 1.29 is 18.7 Å². The molecule has 0 aliphatic rings. The van der Waals surface area contributed by atoms with Gasteiger partial charge in [-0.25, -0.2) is 0 Å². The first-order valence-electron chi connectivity index (χ1n) is 16.1. The summed E-state index contributed by atoms with van der Waals surface area (Å²) in [6.07, 6.45) is 4.43. The number of aliphatic imine (C=N–C) groups is 1. The first-order valence-corrected chi connectivity index (χ1v) is 16.9. The minimum atomic E-state index is 0.458. The Kier molecular flexibility index (Phi) is 11.9. The molecule has 0 saturated carbocycles. The van der Waals surface area contributed by atoms with E-state index in [4.69, 9.17) is 0 Å². The number of hydrogen-bond donors (Lipinski definition) is 0. The molecular formula is C41H48N3Pd-. The van der Waals surface area contributed by atoms with Gasteiger partial charge in [0.1, 0.15) is 0 Å². The molecule has 0 spiro atoms. The third kappa shape index (κ3) is 8.18. The van der Waals surface area contributed by atoms with Gasteiger partial charge in [-0.15, -0.1) is 35.9 Å². The van der Waals surface area contributed by atoms with Gasteiger partial charge in [0.2, 0.25) is 0 Å². The Bertz CT molecular complexity index is 1630. The number of imidazole rings is 1. The van der Waals surface area contributed by atoms with Crippen molar-refractivity contribution in [2.24, 2.45) is 4.99 Å². The third-order valence-corrected chi connectivity index (χ3v) is 8.80. The van der Waals surface area contributed by atoms with E-state index < -0.39 is 0 Å². The van der Waals surface area contributed by atoms with E-state index in [-0.39, 0.29) is 0 Å². The van der Waals surface area contributed by atoms with E-state index >= 15 is 0 Å². The summed E-state index contributed by atoms with van der Waals surface area (Å²) in [5.74, 6) is 1.83. The van der Waals surface area contributed by atoms with Crippen LogP contribution in [0.4, 0.5) is 5.69 Å². The van der Waals surface area contributed by atoms with Gasteiger partial charge in [0.05, 0.1) is 5.69 Å². The van der Waals surface area contributed by atoms with E-state index in [0.29, 0.717) is 23.7 Å². The van der Waals surface area contributed by atoms with Crippen molar-refractivity contribution in [3.05, 3.63) is 141 Å². The van der Waals surface area contributed by atoms with Crippen LogP contribution in [-0.2, 0) is 18.7 Å². The first kappa shape index (κ1) is 34.3. The normalized spacial score (nSPS) is 11.8. The SMILES string of the molecule is CC(=Nc1ccccc1)c1[c-]cccc1.CC(C)c1cccc(C(C)C)c1-n1ccn(-c2c(C(C)C)cccc2C(C)C)[c]1=[Pd]. The van der Waals surface area contributed by atoms with Gasteiger partial charge >= 0.3 is 193 Å². The first-order chi connectivity index (χ1) is 21.5.